The lowest BCUT2D eigenvalue weighted by atomic mass is 9.99. The maximum absolute atomic E-state index is 12.4. The second-order valence-electron chi connectivity index (χ2n) is 6.44. The molecule has 126 valence electrons. The highest BCUT2D eigenvalue weighted by Gasteiger charge is 2.26. The number of hydrogen-bond acceptors (Lipinski definition) is 3. The molecule has 24 heavy (non-hydrogen) atoms. The summed E-state index contributed by atoms with van der Waals surface area (Å²) in [5.74, 6) is -0.102. The first-order chi connectivity index (χ1) is 11.6. The lowest BCUT2D eigenvalue weighted by Gasteiger charge is -2.36. The van der Waals surface area contributed by atoms with Crippen LogP contribution in [0.2, 0.25) is 0 Å². The van der Waals surface area contributed by atoms with Crippen LogP contribution >= 0.6 is 0 Å². The van der Waals surface area contributed by atoms with Crippen LogP contribution in [0.3, 0.4) is 0 Å². The fourth-order valence-corrected chi connectivity index (χ4v) is 3.18. The van der Waals surface area contributed by atoms with Crippen LogP contribution in [0.4, 0.5) is 5.69 Å². The van der Waals surface area contributed by atoms with Gasteiger partial charge < -0.3 is 10.4 Å². The number of aliphatic hydroxyl groups is 1. The fourth-order valence-electron chi connectivity index (χ4n) is 3.18. The summed E-state index contributed by atoms with van der Waals surface area (Å²) >= 11 is 0. The molecule has 1 fully saturated rings. The molecular weight excluding hydrogens is 300 g/mol. The Balaban J connectivity index is 1.68. The average molecular weight is 324 g/mol. The summed E-state index contributed by atoms with van der Waals surface area (Å²) in [6, 6.07) is 17.3. The number of amides is 1. The molecule has 4 heteroatoms. The molecule has 0 unspecified atom stereocenters. The topological polar surface area (TPSA) is 52.6 Å². The molecule has 0 spiro atoms. The monoisotopic (exact) mass is 324 g/mol. The Bertz CT molecular complexity index is 687. The molecule has 0 radical (unpaired) electrons. The van der Waals surface area contributed by atoms with Crippen LogP contribution in [-0.4, -0.2) is 34.6 Å². The van der Waals surface area contributed by atoms with Crippen molar-refractivity contribution in [2.45, 2.75) is 38.5 Å². The number of benzene rings is 2. The number of anilines is 1. The SMILES string of the molecule is C[C@@H]1[C@H](O)CCCN1Cc1cccc(C(=O)Nc2ccccc2)c1. The van der Waals surface area contributed by atoms with Crippen molar-refractivity contribution >= 4 is 11.6 Å². The zero-order chi connectivity index (χ0) is 16.9. The molecule has 0 saturated carbocycles. The lowest BCUT2D eigenvalue weighted by Crippen LogP contribution is -2.45. The molecule has 0 bridgehead atoms. The van der Waals surface area contributed by atoms with Crippen LogP contribution in [0.15, 0.2) is 54.6 Å². The maximum atomic E-state index is 12.4. The molecule has 2 atom stereocenters. The predicted octanol–water partition coefficient (Wildman–Crippen LogP) is 3.28. The van der Waals surface area contributed by atoms with Gasteiger partial charge in [0.25, 0.3) is 5.91 Å². The van der Waals surface area contributed by atoms with Crippen molar-refractivity contribution in [1.82, 2.24) is 4.90 Å². The van der Waals surface area contributed by atoms with E-state index in [-0.39, 0.29) is 18.1 Å². The van der Waals surface area contributed by atoms with Gasteiger partial charge in [-0.3, -0.25) is 9.69 Å². The highest BCUT2D eigenvalue weighted by atomic mass is 16.3. The van der Waals surface area contributed by atoms with Crippen molar-refractivity contribution in [3.8, 4) is 0 Å². The Kier molecular flexibility index (Phi) is 5.28. The van der Waals surface area contributed by atoms with Crippen molar-refractivity contribution in [1.29, 1.82) is 0 Å². The Hall–Kier alpha value is -2.17. The number of nitrogens with zero attached hydrogens (tertiary/aromatic N) is 1. The molecule has 0 aliphatic carbocycles. The van der Waals surface area contributed by atoms with E-state index in [2.05, 4.69) is 17.1 Å². The Morgan fingerprint density at radius 3 is 2.79 bits per heavy atom. The molecular formula is C20H24N2O2. The summed E-state index contributed by atoms with van der Waals surface area (Å²) in [4.78, 5) is 14.7. The molecule has 4 nitrogen and oxygen atoms in total. The Labute approximate surface area is 143 Å². The first-order valence-electron chi connectivity index (χ1n) is 8.51. The van der Waals surface area contributed by atoms with Gasteiger partial charge >= 0.3 is 0 Å². The van der Waals surface area contributed by atoms with Crippen LogP contribution in [-0.2, 0) is 6.54 Å². The van der Waals surface area contributed by atoms with Gasteiger partial charge in [-0.15, -0.1) is 0 Å². The van der Waals surface area contributed by atoms with Gasteiger partial charge in [0, 0.05) is 23.8 Å². The van der Waals surface area contributed by atoms with Gasteiger partial charge in [-0.25, -0.2) is 0 Å². The number of hydrogen-bond donors (Lipinski definition) is 2. The fraction of sp³-hybridized carbons (Fsp3) is 0.350. The van der Waals surface area contributed by atoms with Gasteiger partial charge in [-0.2, -0.15) is 0 Å². The average Bonchev–Trinajstić information content (AvgIpc) is 2.60. The number of carbonyl (C=O) groups is 1. The highest BCUT2D eigenvalue weighted by molar-refractivity contribution is 6.04. The van der Waals surface area contributed by atoms with E-state index in [1.807, 2.05) is 54.6 Å². The first kappa shape index (κ1) is 16.7. The van der Waals surface area contributed by atoms with Gasteiger partial charge in [0.05, 0.1) is 6.10 Å². The van der Waals surface area contributed by atoms with Gasteiger partial charge in [0.2, 0.25) is 0 Å². The van der Waals surface area contributed by atoms with E-state index in [1.165, 1.54) is 0 Å². The smallest absolute Gasteiger partial charge is 0.255 e. The molecule has 0 aromatic heterocycles. The molecule has 1 amide bonds. The summed E-state index contributed by atoms with van der Waals surface area (Å²) in [6.07, 6.45) is 1.62. The molecule has 1 aliphatic heterocycles. The largest absolute Gasteiger partial charge is 0.392 e. The van der Waals surface area contributed by atoms with Gasteiger partial charge in [0.15, 0.2) is 0 Å². The number of rotatable bonds is 4. The summed E-state index contributed by atoms with van der Waals surface area (Å²) in [5.41, 5.74) is 2.54. The van der Waals surface area contributed by atoms with E-state index in [9.17, 15) is 9.90 Å². The van der Waals surface area contributed by atoms with Gasteiger partial charge in [0.1, 0.15) is 0 Å². The van der Waals surface area contributed by atoms with E-state index < -0.39 is 0 Å². The molecule has 1 heterocycles. The zero-order valence-electron chi connectivity index (χ0n) is 14.0. The maximum Gasteiger partial charge on any atom is 0.255 e. The third kappa shape index (κ3) is 4.02. The lowest BCUT2D eigenvalue weighted by molar-refractivity contribution is 0.0157. The minimum atomic E-state index is -0.261. The third-order valence-electron chi connectivity index (χ3n) is 4.68. The molecule has 2 N–H and O–H groups in total. The second kappa shape index (κ2) is 7.60. The summed E-state index contributed by atoms with van der Waals surface area (Å²) in [7, 11) is 0. The molecule has 1 saturated heterocycles. The van der Waals surface area contributed by atoms with Crippen molar-refractivity contribution in [3.05, 3.63) is 65.7 Å². The number of carbonyl (C=O) groups excluding carboxylic acids is 1. The standard InChI is InChI=1S/C20H24N2O2/c1-15-19(23)11-6-12-22(15)14-16-7-5-8-17(13-16)20(24)21-18-9-3-2-4-10-18/h2-5,7-10,13,15,19,23H,6,11-12,14H2,1H3,(H,21,24)/t15-,19-/m1/s1. The minimum Gasteiger partial charge on any atom is -0.392 e. The van der Waals surface area contributed by atoms with Crippen LogP contribution in [0.5, 0.6) is 0 Å². The molecule has 2 aromatic carbocycles. The molecule has 3 rings (SSSR count). The van der Waals surface area contributed by atoms with Crippen molar-refractivity contribution in [2.24, 2.45) is 0 Å². The number of nitrogens with one attached hydrogen (secondary N) is 1. The number of para-hydroxylation sites is 1. The van der Waals surface area contributed by atoms with Crippen molar-refractivity contribution in [3.63, 3.8) is 0 Å². The Morgan fingerprint density at radius 1 is 1.21 bits per heavy atom. The van der Waals surface area contributed by atoms with Crippen LogP contribution in [0, 0.1) is 0 Å². The number of aliphatic hydroxyl groups excluding tert-OH is 1. The van der Waals surface area contributed by atoms with Gasteiger partial charge in [-0.1, -0.05) is 30.3 Å². The summed E-state index contributed by atoms with van der Waals surface area (Å²) < 4.78 is 0. The van der Waals surface area contributed by atoms with Crippen LogP contribution < -0.4 is 5.32 Å². The number of piperidine rings is 1. The zero-order valence-corrected chi connectivity index (χ0v) is 14.0. The first-order valence-corrected chi connectivity index (χ1v) is 8.51. The van der Waals surface area contributed by atoms with Crippen LogP contribution in [0.1, 0.15) is 35.7 Å². The second-order valence-corrected chi connectivity index (χ2v) is 6.44. The minimum absolute atomic E-state index is 0.102. The quantitative estimate of drug-likeness (QED) is 0.907. The van der Waals surface area contributed by atoms with E-state index in [1.54, 1.807) is 0 Å². The van der Waals surface area contributed by atoms with Gasteiger partial charge in [-0.05, 0) is 56.1 Å². The van der Waals surface area contributed by atoms with E-state index in [0.717, 1.165) is 37.2 Å². The highest BCUT2D eigenvalue weighted by Crippen LogP contribution is 2.20. The normalized spacial score (nSPS) is 21.4. The summed E-state index contributed by atoms with van der Waals surface area (Å²) in [5, 5.41) is 12.9. The van der Waals surface area contributed by atoms with Crippen LogP contribution in [0.25, 0.3) is 0 Å². The summed E-state index contributed by atoms with van der Waals surface area (Å²) in [6.45, 7) is 3.80. The predicted molar refractivity (Wildman–Crippen MR) is 96.0 cm³/mol. The van der Waals surface area contributed by atoms with E-state index in [0.29, 0.717) is 5.56 Å². The van der Waals surface area contributed by atoms with E-state index >= 15 is 0 Å². The third-order valence-corrected chi connectivity index (χ3v) is 4.68. The van der Waals surface area contributed by atoms with E-state index in [4.69, 9.17) is 0 Å². The molecule has 2 aromatic rings. The Morgan fingerprint density at radius 2 is 2.00 bits per heavy atom. The number of likely N-dealkylation sites (tertiary alicyclic amines) is 1. The van der Waals surface area contributed by atoms with Crippen molar-refractivity contribution in [2.75, 3.05) is 11.9 Å². The van der Waals surface area contributed by atoms with Crippen molar-refractivity contribution < 1.29 is 9.90 Å². The molecule has 1 aliphatic rings.